The molecule has 1 fully saturated rings. The molecule has 1 unspecified atom stereocenters. The molecule has 30 heavy (non-hydrogen) atoms. The Balaban J connectivity index is 1.11. The van der Waals surface area contributed by atoms with E-state index in [4.69, 9.17) is 4.74 Å². The van der Waals surface area contributed by atoms with Gasteiger partial charge in [-0.2, -0.15) is 0 Å². The number of benzene rings is 2. The lowest BCUT2D eigenvalue weighted by atomic mass is 10.0. The largest absolute Gasteiger partial charge is 0.454 e. The van der Waals surface area contributed by atoms with Crippen LogP contribution in [0.2, 0.25) is 0 Å². The topological polar surface area (TPSA) is 78.5 Å². The van der Waals surface area contributed by atoms with Gasteiger partial charge in [-0.25, -0.2) is 9.78 Å². The van der Waals surface area contributed by atoms with E-state index in [9.17, 15) is 9.59 Å². The highest BCUT2D eigenvalue weighted by Crippen LogP contribution is 2.33. The molecule has 7 heteroatoms. The number of carbonyl (C=O) groups is 2. The van der Waals surface area contributed by atoms with E-state index in [2.05, 4.69) is 14.9 Å². The number of hydrogen-bond acceptors (Lipinski definition) is 5. The van der Waals surface area contributed by atoms with Crippen molar-refractivity contribution in [1.29, 1.82) is 0 Å². The van der Waals surface area contributed by atoms with Crippen LogP contribution in [-0.4, -0.2) is 64.4 Å². The quantitative estimate of drug-likeness (QED) is 0.662. The first kappa shape index (κ1) is 18.8. The van der Waals surface area contributed by atoms with Crippen molar-refractivity contribution in [2.75, 3.05) is 32.7 Å². The van der Waals surface area contributed by atoms with E-state index in [-0.39, 0.29) is 18.0 Å². The van der Waals surface area contributed by atoms with Gasteiger partial charge in [0.15, 0.2) is 5.82 Å². The molecule has 1 atom stereocenters. The summed E-state index contributed by atoms with van der Waals surface area (Å²) in [5.74, 6) is 0.153. The molecule has 0 saturated carbocycles. The maximum Gasteiger partial charge on any atom is 0.339 e. The molecule has 0 aliphatic carbocycles. The van der Waals surface area contributed by atoms with Crippen molar-refractivity contribution >= 4 is 22.9 Å². The van der Waals surface area contributed by atoms with E-state index in [0.717, 1.165) is 49.1 Å². The molecule has 154 valence electrons. The molecule has 2 aliphatic heterocycles. The second-order valence-corrected chi connectivity index (χ2v) is 7.86. The van der Waals surface area contributed by atoms with Gasteiger partial charge >= 0.3 is 5.97 Å². The first-order chi connectivity index (χ1) is 14.7. The fourth-order valence-corrected chi connectivity index (χ4v) is 4.31. The summed E-state index contributed by atoms with van der Waals surface area (Å²) in [7, 11) is 0. The minimum Gasteiger partial charge on any atom is -0.454 e. The van der Waals surface area contributed by atoms with Crippen molar-refractivity contribution in [1.82, 2.24) is 19.8 Å². The van der Waals surface area contributed by atoms with E-state index >= 15 is 0 Å². The average molecular weight is 404 g/mol. The lowest BCUT2D eigenvalue weighted by Crippen LogP contribution is -2.49. The summed E-state index contributed by atoms with van der Waals surface area (Å²) in [6.45, 7) is 4.00. The van der Waals surface area contributed by atoms with Crippen molar-refractivity contribution in [2.45, 2.75) is 18.9 Å². The molecule has 1 aromatic heterocycles. The number of cyclic esters (lactones) is 1. The second kappa shape index (κ2) is 7.91. The monoisotopic (exact) mass is 404 g/mol. The standard InChI is InChI=1S/C23H24N4O3/c28-22(21-24-18-8-3-4-9-19(18)25-21)27-14-12-26(13-15-27)11-5-10-20-16-6-1-2-7-17(16)23(29)30-20/h1-4,6-9,20H,5,10-15H2,(H,24,25). The van der Waals surface area contributed by atoms with Crippen LogP contribution in [0.5, 0.6) is 0 Å². The van der Waals surface area contributed by atoms with Gasteiger partial charge in [0.2, 0.25) is 0 Å². The number of para-hydroxylation sites is 2. The predicted molar refractivity (Wildman–Crippen MR) is 112 cm³/mol. The first-order valence-electron chi connectivity index (χ1n) is 10.5. The molecule has 7 nitrogen and oxygen atoms in total. The fraction of sp³-hybridized carbons (Fsp3) is 0.348. The number of aromatic nitrogens is 2. The molecule has 5 rings (SSSR count). The van der Waals surface area contributed by atoms with Crippen LogP contribution < -0.4 is 0 Å². The molecule has 3 heterocycles. The molecule has 1 saturated heterocycles. The third-order valence-electron chi connectivity index (χ3n) is 5.97. The summed E-state index contributed by atoms with van der Waals surface area (Å²) < 4.78 is 5.52. The van der Waals surface area contributed by atoms with Gasteiger partial charge in [0.05, 0.1) is 16.6 Å². The highest BCUT2D eigenvalue weighted by molar-refractivity contribution is 5.94. The van der Waals surface area contributed by atoms with E-state index < -0.39 is 0 Å². The average Bonchev–Trinajstić information content (AvgIpc) is 3.35. The summed E-state index contributed by atoms with van der Waals surface area (Å²) in [5, 5.41) is 0. The highest BCUT2D eigenvalue weighted by Gasteiger charge is 2.30. The van der Waals surface area contributed by atoms with E-state index in [1.807, 2.05) is 53.4 Å². The smallest absolute Gasteiger partial charge is 0.339 e. The molecule has 1 amide bonds. The zero-order chi connectivity index (χ0) is 20.5. The van der Waals surface area contributed by atoms with Crippen molar-refractivity contribution in [3.63, 3.8) is 0 Å². The number of nitrogens with zero attached hydrogens (tertiary/aromatic N) is 3. The first-order valence-corrected chi connectivity index (χ1v) is 10.5. The van der Waals surface area contributed by atoms with Crippen LogP contribution >= 0.6 is 0 Å². The fourth-order valence-electron chi connectivity index (χ4n) is 4.31. The Hall–Kier alpha value is -3.19. The number of aromatic amines is 1. The molecule has 3 aromatic rings. The highest BCUT2D eigenvalue weighted by atomic mass is 16.5. The van der Waals surface area contributed by atoms with Crippen LogP contribution in [-0.2, 0) is 4.74 Å². The van der Waals surface area contributed by atoms with Gasteiger partial charge < -0.3 is 14.6 Å². The van der Waals surface area contributed by atoms with Gasteiger partial charge in [0.1, 0.15) is 6.10 Å². The molecular weight excluding hydrogens is 380 g/mol. The van der Waals surface area contributed by atoms with Gasteiger partial charge in [-0.15, -0.1) is 0 Å². The summed E-state index contributed by atoms with van der Waals surface area (Å²) in [5.41, 5.74) is 3.39. The maximum atomic E-state index is 12.8. The Bertz CT molecular complexity index is 1050. The molecule has 0 radical (unpaired) electrons. The lowest BCUT2D eigenvalue weighted by Gasteiger charge is -2.34. The third-order valence-corrected chi connectivity index (χ3v) is 5.97. The molecule has 1 N–H and O–H groups in total. The number of hydrogen-bond donors (Lipinski definition) is 1. The van der Waals surface area contributed by atoms with Crippen molar-refractivity contribution in [2.24, 2.45) is 0 Å². The van der Waals surface area contributed by atoms with Crippen LogP contribution in [0.4, 0.5) is 0 Å². The summed E-state index contributed by atoms with van der Waals surface area (Å²) in [4.78, 5) is 36.5. The van der Waals surface area contributed by atoms with Gasteiger partial charge in [0.25, 0.3) is 5.91 Å². The van der Waals surface area contributed by atoms with Crippen molar-refractivity contribution < 1.29 is 14.3 Å². The minimum absolute atomic E-state index is 0.0414. The number of piperazine rings is 1. The van der Waals surface area contributed by atoms with E-state index in [1.165, 1.54) is 0 Å². The summed E-state index contributed by atoms with van der Waals surface area (Å²) in [6, 6.07) is 15.3. The number of carbonyl (C=O) groups excluding carboxylic acids is 2. The Morgan fingerprint density at radius 2 is 1.83 bits per heavy atom. The van der Waals surface area contributed by atoms with Gasteiger partial charge in [-0.1, -0.05) is 30.3 Å². The zero-order valence-electron chi connectivity index (χ0n) is 16.7. The normalized spacial score (nSPS) is 19.1. The number of nitrogens with one attached hydrogen (secondary N) is 1. The molecule has 0 bridgehead atoms. The van der Waals surface area contributed by atoms with E-state index in [1.54, 1.807) is 0 Å². The maximum absolute atomic E-state index is 12.8. The number of rotatable bonds is 5. The van der Waals surface area contributed by atoms with Crippen molar-refractivity contribution in [3.8, 4) is 0 Å². The second-order valence-electron chi connectivity index (χ2n) is 7.86. The van der Waals surface area contributed by atoms with Crippen LogP contribution in [0.1, 0.15) is 45.5 Å². The SMILES string of the molecule is O=C1OC(CCCN2CCN(C(=O)c3nc4ccccc4[nH]3)CC2)c2ccccc21. The molecular formula is C23H24N4O3. The number of fused-ring (bicyclic) bond motifs is 2. The van der Waals surface area contributed by atoms with Crippen molar-refractivity contribution in [3.05, 3.63) is 65.5 Å². The minimum atomic E-state index is -0.215. The number of imidazole rings is 1. The van der Waals surface area contributed by atoms with Gasteiger partial charge in [-0.05, 0) is 37.6 Å². The van der Waals surface area contributed by atoms with Crippen LogP contribution in [0.25, 0.3) is 11.0 Å². The van der Waals surface area contributed by atoms with E-state index in [0.29, 0.717) is 24.5 Å². The third kappa shape index (κ3) is 3.57. The molecule has 2 aromatic carbocycles. The van der Waals surface area contributed by atoms with Gasteiger partial charge in [0, 0.05) is 31.7 Å². The van der Waals surface area contributed by atoms with Crippen LogP contribution in [0, 0.1) is 0 Å². The number of H-pyrrole nitrogens is 1. The lowest BCUT2D eigenvalue weighted by molar-refractivity contribution is 0.0353. The summed E-state index contributed by atoms with van der Waals surface area (Å²) in [6.07, 6.45) is 1.63. The Kier molecular flexibility index (Phi) is 4.96. The Morgan fingerprint density at radius 3 is 2.67 bits per heavy atom. The number of ether oxygens (including phenoxy) is 1. The molecule has 2 aliphatic rings. The zero-order valence-corrected chi connectivity index (χ0v) is 16.7. The Morgan fingerprint density at radius 1 is 1.07 bits per heavy atom. The Labute approximate surface area is 174 Å². The number of esters is 1. The predicted octanol–water partition coefficient (Wildman–Crippen LogP) is 3.01. The van der Waals surface area contributed by atoms with Crippen LogP contribution in [0.3, 0.4) is 0 Å². The summed E-state index contributed by atoms with van der Waals surface area (Å²) >= 11 is 0. The van der Waals surface area contributed by atoms with Crippen LogP contribution in [0.15, 0.2) is 48.5 Å². The molecule has 0 spiro atoms. The van der Waals surface area contributed by atoms with Gasteiger partial charge in [-0.3, -0.25) is 9.69 Å². The number of amides is 1.